The maximum absolute atomic E-state index is 11.7. The van der Waals surface area contributed by atoms with Gasteiger partial charge in [-0.1, -0.05) is 13.0 Å². The molecule has 1 amide bonds. The zero-order chi connectivity index (χ0) is 13.5. The summed E-state index contributed by atoms with van der Waals surface area (Å²) in [6.45, 7) is 3.62. The summed E-state index contributed by atoms with van der Waals surface area (Å²) in [6.07, 6.45) is -0.417. The van der Waals surface area contributed by atoms with Gasteiger partial charge in [0.25, 0.3) is 0 Å². The van der Waals surface area contributed by atoms with Crippen molar-refractivity contribution in [2.75, 3.05) is 18.2 Å². The van der Waals surface area contributed by atoms with Gasteiger partial charge in [0.05, 0.1) is 19.0 Å². The number of thioether (sulfide) groups is 1. The first-order valence-electron chi connectivity index (χ1n) is 5.76. The summed E-state index contributed by atoms with van der Waals surface area (Å²) < 4.78 is 5.08. The molecule has 0 bridgehead atoms. The van der Waals surface area contributed by atoms with Crippen molar-refractivity contribution in [2.45, 2.75) is 25.2 Å². The summed E-state index contributed by atoms with van der Waals surface area (Å²) in [6, 6.07) is 7.21. The number of nitrogens with one attached hydrogen (secondary N) is 1. The van der Waals surface area contributed by atoms with E-state index in [-0.39, 0.29) is 11.2 Å². The summed E-state index contributed by atoms with van der Waals surface area (Å²) in [4.78, 5) is 11.7. The maximum Gasteiger partial charge on any atom is 0.234 e. The van der Waals surface area contributed by atoms with Crippen LogP contribution in [0.25, 0.3) is 0 Å². The average Bonchev–Trinajstić information content (AvgIpc) is 2.36. The Labute approximate surface area is 112 Å². The quantitative estimate of drug-likeness (QED) is 0.830. The van der Waals surface area contributed by atoms with E-state index in [1.807, 2.05) is 25.1 Å². The molecule has 0 radical (unpaired) electrons. The molecule has 5 heteroatoms. The van der Waals surface area contributed by atoms with Crippen LogP contribution in [0.15, 0.2) is 24.3 Å². The van der Waals surface area contributed by atoms with E-state index in [0.29, 0.717) is 17.2 Å². The van der Waals surface area contributed by atoms with E-state index in [1.54, 1.807) is 20.1 Å². The Morgan fingerprint density at radius 1 is 1.50 bits per heavy atom. The molecule has 0 aromatic heterocycles. The predicted octanol–water partition coefficient (Wildman–Crippen LogP) is 2.14. The van der Waals surface area contributed by atoms with Gasteiger partial charge in [-0.2, -0.15) is 0 Å². The Kier molecular flexibility index (Phi) is 6.01. The largest absolute Gasteiger partial charge is 0.497 e. The molecule has 0 spiro atoms. The van der Waals surface area contributed by atoms with Crippen LogP contribution in [0.4, 0.5) is 5.69 Å². The van der Waals surface area contributed by atoms with Gasteiger partial charge in [0.2, 0.25) is 5.91 Å². The molecular weight excluding hydrogens is 250 g/mol. The van der Waals surface area contributed by atoms with Crippen LogP contribution >= 0.6 is 11.8 Å². The number of rotatable bonds is 6. The predicted molar refractivity (Wildman–Crippen MR) is 75.2 cm³/mol. The number of benzene rings is 1. The third-order valence-electron chi connectivity index (χ3n) is 2.51. The number of aliphatic hydroxyl groups excluding tert-OH is 1. The highest BCUT2D eigenvalue weighted by molar-refractivity contribution is 8.00. The van der Waals surface area contributed by atoms with Gasteiger partial charge in [-0.15, -0.1) is 11.8 Å². The van der Waals surface area contributed by atoms with Gasteiger partial charge < -0.3 is 15.2 Å². The molecule has 2 atom stereocenters. The third kappa shape index (κ3) is 4.98. The Bertz CT molecular complexity index is 396. The molecule has 0 aliphatic carbocycles. The van der Waals surface area contributed by atoms with Gasteiger partial charge in [-0.25, -0.2) is 0 Å². The minimum Gasteiger partial charge on any atom is -0.497 e. The highest BCUT2D eigenvalue weighted by Crippen LogP contribution is 2.18. The van der Waals surface area contributed by atoms with Gasteiger partial charge in [0, 0.05) is 17.0 Å². The van der Waals surface area contributed by atoms with E-state index in [1.165, 1.54) is 11.8 Å². The van der Waals surface area contributed by atoms with Crippen molar-refractivity contribution in [2.24, 2.45) is 0 Å². The lowest BCUT2D eigenvalue weighted by molar-refractivity contribution is -0.113. The van der Waals surface area contributed by atoms with Gasteiger partial charge >= 0.3 is 0 Å². The molecule has 0 saturated heterocycles. The van der Waals surface area contributed by atoms with E-state index >= 15 is 0 Å². The molecule has 0 fully saturated rings. The van der Waals surface area contributed by atoms with E-state index in [4.69, 9.17) is 4.74 Å². The second kappa shape index (κ2) is 7.28. The lowest BCUT2D eigenvalue weighted by Crippen LogP contribution is -2.20. The zero-order valence-electron chi connectivity index (χ0n) is 10.8. The zero-order valence-corrected chi connectivity index (χ0v) is 11.7. The van der Waals surface area contributed by atoms with Crippen LogP contribution < -0.4 is 10.1 Å². The third-order valence-corrected chi connectivity index (χ3v) is 3.86. The van der Waals surface area contributed by atoms with Crippen molar-refractivity contribution >= 4 is 23.4 Å². The summed E-state index contributed by atoms with van der Waals surface area (Å²) in [5, 5.41) is 12.2. The smallest absolute Gasteiger partial charge is 0.234 e. The fourth-order valence-corrected chi connectivity index (χ4v) is 2.01. The topological polar surface area (TPSA) is 58.6 Å². The van der Waals surface area contributed by atoms with Crippen molar-refractivity contribution in [1.82, 2.24) is 0 Å². The molecule has 2 unspecified atom stereocenters. The van der Waals surface area contributed by atoms with Crippen LogP contribution in [-0.4, -0.2) is 35.2 Å². The molecule has 0 aliphatic heterocycles. The van der Waals surface area contributed by atoms with Crippen molar-refractivity contribution in [3.05, 3.63) is 24.3 Å². The second-order valence-electron chi connectivity index (χ2n) is 4.04. The van der Waals surface area contributed by atoms with Crippen molar-refractivity contribution < 1.29 is 14.6 Å². The fourth-order valence-electron chi connectivity index (χ4n) is 1.24. The van der Waals surface area contributed by atoms with E-state index < -0.39 is 6.10 Å². The van der Waals surface area contributed by atoms with E-state index in [0.717, 1.165) is 0 Å². The first kappa shape index (κ1) is 14.9. The van der Waals surface area contributed by atoms with E-state index in [9.17, 15) is 9.90 Å². The van der Waals surface area contributed by atoms with Gasteiger partial charge in [0.1, 0.15) is 5.75 Å². The molecule has 4 nitrogen and oxygen atoms in total. The van der Waals surface area contributed by atoms with E-state index in [2.05, 4.69) is 5.32 Å². The summed E-state index contributed by atoms with van der Waals surface area (Å²) in [5.74, 6) is 0.946. The van der Waals surface area contributed by atoms with Crippen LogP contribution in [0.1, 0.15) is 13.8 Å². The highest BCUT2D eigenvalue weighted by Gasteiger charge is 2.11. The number of carbonyl (C=O) groups excluding carboxylic acids is 1. The molecule has 18 heavy (non-hydrogen) atoms. The number of carbonyl (C=O) groups is 1. The monoisotopic (exact) mass is 269 g/mol. The van der Waals surface area contributed by atoms with Gasteiger partial charge in [-0.3, -0.25) is 4.79 Å². The summed E-state index contributed by atoms with van der Waals surface area (Å²) in [7, 11) is 1.58. The van der Waals surface area contributed by atoms with Crippen molar-refractivity contribution in [3.8, 4) is 5.75 Å². The Balaban J connectivity index is 2.44. The molecule has 100 valence electrons. The Hall–Kier alpha value is -1.20. The number of ether oxygens (including phenoxy) is 1. The van der Waals surface area contributed by atoms with Crippen LogP contribution in [0.3, 0.4) is 0 Å². The lowest BCUT2D eigenvalue weighted by Gasteiger charge is -2.13. The number of hydrogen-bond donors (Lipinski definition) is 2. The van der Waals surface area contributed by atoms with Crippen LogP contribution in [0, 0.1) is 0 Å². The number of aliphatic hydroxyl groups is 1. The van der Waals surface area contributed by atoms with Gasteiger partial charge in [-0.05, 0) is 19.1 Å². The van der Waals surface area contributed by atoms with Crippen LogP contribution in [0.2, 0.25) is 0 Å². The number of hydrogen-bond acceptors (Lipinski definition) is 4. The molecule has 0 saturated carbocycles. The Morgan fingerprint density at radius 3 is 2.83 bits per heavy atom. The number of anilines is 1. The van der Waals surface area contributed by atoms with Crippen LogP contribution in [0.5, 0.6) is 5.75 Å². The number of methoxy groups -OCH3 is 1. The Morgan fingerprint density at radius 2 is 2.22 bits per heavy atom. The standard InChI is InChI=1S/C13H19NO3S/c1-9(15)10(2)18-8-13(16)14-11-5-4-6-12(7-11)17-3/h4-7,9-10,15H,8H2,1-3H3,(H,14,16). The average molecular weight is 269 g/mol. The van der Waals surface area contributed by atoms with Crippen LogP contribution in [-0.2, 0) is 4.79 Å². The second-order valence-corrected chi connectivity index (χ2v) is 5.40. The van der Waals surface area contributed by atoms with Gasteiger partial charge in [0.15, 0.2) is 0 Å². The SMILES string of the molecule is COc1cccc(NC(=O)CSC(C)C(C)O)c1. The summed E-state index contributed by atoms with van der Waals surface area (Å²) in [5.41, 5.74) is 0.713. The fraction of sp³-hybridized carbons (Fsp3) is 0.462. The minimum absolute atomic E-state index is 0.0426. The molecule has 1 aromatic rings. The first-order chi connectivity index (χ1) is 8.52. The molecular formula is C13H19NO3S. The molecule has 1 rings (SSSR count). The first-order valence-corrected chi connectivity index (χ1v) is 6.81. The molecule has 2 N–H and O–H groups in total. The number of amides is 1. The highest BCUT2D eigenvalue weighted by atomic mass is 32.2. The summed E-state index contributed by atoms with van der Waals surface area (Å²) >= 11 is 1.43. The molecule has 0 aliphatic rings. The lowest BCUT2D eigenvalue weighted by atomic mass is 10.3. The minimum atomic E-state index is -0.417. The van der Waals surface area contributed by atoms with Crippen molar-refractivity contribution in [1.29, 1.82) is 0 Å². The normalized spacial score (nSPS) is 13.8. The van der Waals surface area contributed by atoms with Crippen molar-refractivity contribution in [3.63, 3.8) is 0 Å². The maximum atomic E-state index is 11.7. The molecule has 0 heterocycles. The molecule has 1 aromatic carbocycles.